The number of nitrogens with zero attached hydrogens (tertiary/aromatic N) is 5. The summed E-state index contributed by atoms with van der Waals surface area (Å²) in [6.45, 7) is 20.7. The summed E-state index contributed by atoms with van der Waals surface area (Å²) in [5.41, 5.74) is 18.2. The quantitative estimate of drug-likeness (QED) is 0.127. The van der Waals surface area contributed by atoms with Crippen molar-refractivity contribution in [1.82, 2.24) is 4.98 Å². The van der Waals surface area contributed by atoms with E-state index in [2.05, 4.69) is 191 Å². The van der Waals surface area contributed by atoms with E-state index in [1.165, 1.54) is 5.56 Å². The molecule has 0 spiro atoms. The van der Waals surface area contributed by atoms with Crippen molar-refractivity contribution in [2.75, 3.05) is 19.6 Å². The number of rotatable bonds is 10. The molecule has 6 heteroatoms. The summed E-state index contributed by atoms with van der Waals surface area (Å²) in [7, 11) is 0. The molecule has 0 unspecified atom stereocenters. The molecule has 0 atom stereocenters. The van der Waals surface area contributed by atoms with Gasteiger partial charge in [-0.2, -0.15) is 6.07 Å². The predicted octanol–water partition coefficient (Wildman–Crippen LogP) is 22.9. The Morgan fingerprint density at radius 1 is 0.438 bits per heavy atom. The molecule has 0 saturated carbocycles. The van der Waals surface area contributed by atoms with Gasteiger partial charge in [0.2, 0.25) is 0 Å². The van der Waals surface area contributed by atoms with Crippen LogP contribution in [0.25, 0.3) is 66.8 Å². The van der Waals surface area contributed by atoms with Crippen molar-refractivity contribution in [2.45, 2.75) is 73.1 Å². The maximum Gasteiger partial charge on any atom is 0.135 e. The topological polar surface area (TPSA) is 25.9 Å². The summed E-state index contributed by atoms with van der Waals surface area (Å²) in [6.07, 6.45) is 1.90. The first kappa shape index (κ1) is 47.5. The number of anilines is 10. The first-order valence-corrected chi connectivity index (χ1v) is 29.8. The van der Waals surface area contributed by atoms with Crippen LogP contribution in [0.5, 0.6) is 0 Å². The molecule has 89 heavy (non-hydrogen) atoms. The van der Waals surface area contributed by atoms with Gasteiger partial charge in [-0.15, -0.1) is 53.8 Å². The maximum atomic E-state index is 9.53. The van der Waals surface area contributed by atoms with Gasteiger partial charge in [-0.25, -0.2) is 4.98 Å². The average Bonchev–Trinajstić information content (AvgIpc) is 1.71. The summed E-state index contributed by atoms with van der Waals surface area (Å²) in [4.78, 5) is 13.5. The standard InChI is InChI=1S/C83H70N5.Pt/c1-55-56(2)79(60-28-16-11-17-29-60)81(80(57(55)3)61-30-18-12-19-31-61)86-54-85(75-36-24-25-37-76(75)86)68-48-63(58-26-14-10-15-27-58)49-69(52-68)87(66-32-20-13-21-33-66)67-43-44-72-70-34-22-23-35-71(70)73-50-62(59-38-41-64(42-39-59)82(4,5)6)40-45-74(73)88(77(72)53-67)78-51-65(46-47-84-78)83(7,8)9;/h10-51,54H,1-9H3;/q-3;/i11D,12D,16D,17D,18D,19D,28D,29D,30D,31D;. The zero-order valence-electron chi connectivity index (χ0n) is 61.1. The normalized spacial score (nSPS) is 14.1. The SMILES string of the molecule is [2H]c1c([2H])c([2H])c(-c2c(C)c(C)c(C)c(-c3c([2H])c([2H])c([2H])c([2H])c3[2H])c2N2[CH-]N(c3[c-]c(N(c4[c-]c5c(cc4)-c4ccccc4-c4cc(-c6ccc(C(C)(C)C)cc6)ccc4N5c4cc(C(C)(C)C)ccn4)c4ccccc4)cc(-c4ccccc4)c3)c3ccccc32)c([2H])c1[2H].[Pt]. The van der Waals surface area contributed by atoms with Gasteiger partial charge in [0.05, 0.1) is 19.4 Å². The number of benzene rings is 11. The second-order valence-electron chi connectivity index (χ2n) is 24.7. The van der Waals surface area contributed by atoms with Crippen molar-refractivity contribution in [1.29, 1.82) is 0 Å². The van der Waals surface area contributed by atoms with Gasteiger partial charge in [0.1, 0.15) is 5.82 Å². The summed E-state index contributed by atoms with van der Waals surface area (Å²) >= 11 is 0. The summed E-state index contributed by atoms with van der Waals surface area (Å²) in [6, 6.07) is 67.7. The van der Waals surface area contributed by atoms with Crippen LogP contribution < -0.4 is 19.6 Å². The van der Waals surface area contributed by atoms with Crippen molar-refractivity contribution in [3.05, 3.63) is 301 Å². The van der Waals surface area contributed by atoms with Crippen LogP contribution in [0.4, 0.5) is 57.0 Å². The predicted molar refractivity (Wildman–Crippen MR) is 371 cm³/mol. The van der Waals surface area contributed by atoms with E-state index in [1.807, 2.05) is 104 Å². The van der Waals surface area contributed by atoms with E-state index in [-0.39, 0.29) is 59.8 Å². The Hall–Kier alpha value is -9.54. The van der Waals surface area contributed by atoms with Gasteiger partial charge in [-0.1, -0.05) is 240 Å². The van der Waals surface area contributed by atoms with Crippen LogP contribution >= 0.6 is 0 Å². The van der Waals surface area contributed by atoms with E-state index in [9.17, 15) is 5.48 Å². The number of para-hydroxylation sites is 3. The molecule has 440 valence electrons. The zero-order chi connectivity index (χ0) is 69.1. The third-order valence-electron chi connectivity index (χ3n) is 17.2. The van der Waals surface area contributed by atoms with Crippen LogP contribution in [0.2, 0.25) is 0 Å². The molecule has 14 rings (SSSR count). The molecule has 0 fully saturated rings. The van der Waals surface area contributed by atoms with Gasteiger partial charge in [0.15, 0.2) is 0 Å². The third-order valence-corrected chi connectivity index (χ3v) is 17.2. The second-order valence-corrected chi connectivity index (χ2v) is 24.7. The van der Waals surface area contributed by atoms with Gasteiger partial charge in [-0.3, -0.25) is 0 Å². The molecule has 2 aliphatic heterocycles. The van der Waals surface area contributed by atoms with E-state index >= 15 is 0 Å². The molecule has 1 aromatic heterocycles. The van der Waals surface area contributed by atoms with E-state index in [0.29, 0.717) is 45.1 Å². The molecule has 0 bridgehead atoms. The minimum absolute atomic E-state index is 0. The first-order valence-electron chi connectivity index (χ1n) is 34.8. The van der Waals surface area contributed by atoms with Crippen molar-refractivity contribution < 1.29 is 34.8 Å². The van der Waals surface area contributed by atoms with E-state index in [0.717, 1.165) is 73.0 Å². The Bertz CT molecular complexity index is 5070. The summed E-state index contributed by atoms with van der Waals surface area (Å²) in [5, 5.41) is 0. The molecular weight excluding hydrogens is 1260 g/mol. The molecule has 0 N–H and O–H groups in total. The molecule has 3 heterocycles. The smallest absolute Gasteiger partial charge is 0.135 e. The van der Waals surface area contributed by atoms with Crippen LogP contribution in [0.1, 0.15) is 83.1 Å². The maximum absolute atomic E-state index is 9.53. The van der Waals surface area contributed by atoms with Gasteiger partial charge in [0, 0.05) is 66.7 Å². The molecule has 11 aromatic carbocycles. The van der Waals surface area contributed by atoms with Crippen molar-refractivity contribution >= 4 is 57.0 Å². The number of hydrogen-bond donors (Lipinski definition) is 0. The van der Waals surface area contributed by atoms with E-state index in [4.69, 9.17) is 13.2 Å². The third kappa shape index (κ3) is 10.8. The number of aromatic nitrogens is 1. The molecule has 12 aromatic rings. The van der Waals surface area contributed by atoms with E-state index in [1.54, 1.807) is 0 Å². The molecule has 5 nitrogen and oxygen atoms in total. The molecule has 0 radical (unpaired) electrons. The Morgan fingerprint density at radius 2 is 1.00 bits per heavy atom. The van der Waals surface area contributed by atoms with Crippen molar-refractivity contribution in [3.8, 4) is 66.8 Å². The molecular formula is C83H70N5Pt-3. The van der Waals surface area contributed by atoms with Crippen LogP contribution in [-0.4, -0.2) is 4.98 Å². The Morgan fingerprint density at radius 3 is 1.63 bits per heavy atom. The van der Waals surface area contributed by atoms with Gasteiger partial charge in [-0.05, 0) is 141 Å². The van der Waals surface area contributed by atoms with Gasteiger partial charge >= 0.3 is 0 Å². The van der Waals surface area contributed by atoms with Crippen LogP contribution in [0.3, 0.4) is 0 Å². The molecule has 0 aliphatic carbocycles. The van der Waals surface area contributed by atoms with Crippen LogP contribution in [-0.2, 0) is 31.9 Å². The average molecular weight is 1340 g/mol. The number of fused-ring (bicyclic) bond motifs is 6. The van der Waals surface area contributed by atoms with Crippen molar-refractivity contribution in [3.63, 3.8) is 0 Å². The van der Waals surface area contributed by atoms with Crippen LogP contribution in [0.15, 0.2) is 255 Å². The van der Waals surface area contributed by atoms with E-state index < -0.39 is 60.4 Å². The fraction of sp³-hybridized carbons (Fsp3) is 0.133. The Labute approximate surface area is 554 Å². The van der Waals surface area contributed by atoms with Gasteiger partial charge in [0.25, 0.3) is 0 Å². The molecule has 2 aliphatic rings. The summed E-state index contributed by atoms with van der Waals surface area (Å²) in [5.74, 6) is 0.728. The molecule has 0 amide bonds. The Kier molecular flexibility index (Phi) is 12.6. The Balaban J connectivity index is 0.00000880. The fourth-order valence-electron chi connectivity index (χ4n) is 12.4. The second kappa shape index (κ2) is 23.5. The molecule has 0 saturated heterocycles. The number of pyridine rings is 1. The monoisotopic (exact) mass is 1340 g/mol. The number of hydrogen-bond acceptors (Lipinski definition) is 5. The zero-order valence-corrected chi connectivity index (χ0v) is 53.4. The van der Waals surface area contributed by atoms with Gasteiger partial charge < -0.3 is 19.6 Å². The minimum Gasteiger partial charge on any atom is -0.493 e. The summed E-state index contributed by atoms with van der Waals surface area (Å²) < 4.78 is 91.4. The minimum atomic E-state index is -0.567. The van der Waals surface area contributed by atoms with Crippen molar-refractivity contribution in [2.24, 2.45) is 0 Å². The largest absolute Gasteiger partial charge is 0.493 e. The van der Waals surface area contributed by atoms with Crippen LogP contribution in [0, 0.1) is 39.6 Å². The first-order chi connectivity index (χ1) is 46.8. The fourth-order valence-corrected chi connectivity index (χ4v) is 12.4.